The maximum absolute atomic E-state index is 13.2. The van der Waals surface area contributed by atoms with E-state index >= 15 is 0 Å². The Kier molecular flexibility index (Phi) is 5.97. The van der Waals surface area contributed by atoms with Crippen molar-refractivity contribution in [1.29, 1.82) is 0 Å². The number of ether oxygens (including phenoxy) is 1. The molecule has 5 heteroatoms. The molecule has 0 radical (unpaired) electrons. The number of hydrogen-bond acceptors (Lipinski definition) is 4. The molecule has 0 aliphatic carbocycles. The predicted molar refractivity (Wildman–Crippen MR) is 121 cm³/mol. The van der Waals surface area contributed by atoms with Gasteiger partial charge in [0.25, 0.3) is 5.91 Å². The van der Waals surface area contributed by atoms with Crippen LogP contribution in [0.3, 0.4) is 0 Å². The molecule has 0 atom stereocenters. The van der Waals surface area contributed by atoms with Gasteiger partial charge in [0.2, 0.25) is 0 Å². The minimum Gasteiger partial charge on any atom is -0.378 e. The van der Waals surface area contributed by atoms with Crippen molar-refractivity contribution in [1.82, 2.24) is 0 Å². The monoisotopic (exact) mass is 406 g/mol. The quantitative estimate of drug-likeness (QED) is 0.619. The van der Waals surface area contributed by atoms with Crippen molar-refractivity contribution >= 4 is 27.9 Å². The van der Waals surface area contributed by atoms with E-state index in [-0.39, 0.29) is 5.91 Å². The minimum atomic E-state index is -0.0457. The largest absolute Gasteiger partial charge is 0.378 e. The second-order valence-corrected chi connectivity index (χ2v) is 8.24. The third kappa shape index (κ3) is 4.21. The standard InChI is InChI=1S/C24H26N2O2S/c1-3-18-11-7-8-17(2)22(18)25-23(27)21-16-20(19-9-5-4-6-10-19)24(29-21)26-12-14-28-15-13-26/h4-11,16H,3,12-15H2,1-2H3,(H,25,27). The highest BCUT2D eigenvalue weighted by atomic mass is 32.1. The lowest BCUT2D eigenvalue weighted by Gasteiger charge is -2.28. The van der Waals surface area contributed by atoms with E-state index in [0.717, 1.165) is 70.5 Å². The summed E-state index contributed by atoms with van der Waals surface area (Å²) in [6.07, 6.45) is 0.885. The molecule has 1 saturated heterocycles. The number of morpholine rings is 1. The molecule has 0 bridgehead atoms. The minimum absolute atomic E-state index is 0.0457. The van der Waals surface area contributed by atoms with Crippen LogP contribution in [0.5, 0.6) is 0 Å². The lowest BCUT2D eigenvalue weighted by atomic mass is 10.1. The molecule has 2 heterocycles. The molecular weight excluding hydrogens is 380 g/mol. The van der Waals surface area contributed by atoms with E-state index in [1.165, 1.54) is 0 Å². The fraction of sp³-hybridized carbons (Fsp3) is 0.292. The van der Waals surface area contributed by atoms with E-state index in [1.54, 1.807) is 11.3 Å². The highest BCUT2D eigenvalue weighted by Crippen LogP contribution is 2.39. The van der Waals surface area contributed by atoms with E-state index in [4.69, 9.17) is 4.74 Å². The van der Waals surface area contributed by atoms with Crippen LogP contribution in [-0.2, 0) is 11.2 Å². The molecule has 2 aromatic carbocycles. The number of thiophene rings is 1. The van der Waals surface area contributed by atoms with Crippen LogP contribution in [0, 0.1) is 6.92 Å². The van der Waals surface area contributed by atoms with Crippen LogP contribution < -0.4 is 10.2 Å². The van der Waals surface area contributed by atoms with Crippen molar-refractivity contribution in [3.63, 3.8) is 0 Å². The zero-order chi connectivity index (χ0) is 20.2. The molecule has 150 valence electrons. The van der Waals surface area contributed by atoms with Crippen molar-refractivity contribution in [2.24, 2.45) is 0 Å². The number of nitrogens with zero attached hydrogens (tertiary/aromatic N) is 1. The Morgan fingerprint density at radius 3 is 2.59 bits per heavy atom. The number of hydrogen-bond donors (Lipinski definition) is 1. The Morgan fingerprint density at radius 2 is 1.86 bits per heavy atom. The average molecular weight is 407 g/mol. The first kappa shape index (κ1) is 19.7. The van der Waals surface area contributed by atoms with Crippen LogP contribution in [0.2, 0.25) is 0 Å². The molecule has 4 nitrogen and oxygen atoms in total. The Hall–Kier alpha value is -2.63. The molecule has 1 N–H and O–H groups in total. The number of amides is 1. The fourth-order valence-corrected chi connectivity index (χ4v) is 4.82. The van der Waals surface area contributed by atoms with Gasteiger partial charge in [0, 0.05) is 24.3 Å². The van der Waals surface area contributed by atoms with Gasteiger partial charge >= 0.3 is 0 Å². The molecule has 1 aliphatic heterocycles. The zero-order valence-corrected chi connectivity index (χ0v) is 17.7. The third-order valence-electron chi connectivity index (χ3n) is 5.30. The van der Waals surface area contributed by atoms with Crippen molar-refractivity contribution in [2.45, 2.75) is 20.3 Å². The number of rotatable bonds is 5. The molecule has 1 fully saturated rings. The topological polar surface area (TPSA) is 41.6 Å². The molecule has 1 aromatic heterocycles. The molecule has 1 amide bonds. The van der Waals surface area contributed by atoms with E-state index < -0.39 is 0 Å². The smallest absolute Gasteiger partial charge is 0.265 e. The number of carbonyl (C=O) groups is 1. The molecule has 0 saturated carbocycles. The van der Waals surface area contributed by atoms with Crippen molar-refractivity contribution < 1.29 is 9.53 Å². The molecule has 29 heavy (non-hydrogen) atoms. The molecule has 3 aromatic rings. The highest BCUT2D eigenvalue weighted by molar-refractivity contribution is 7.18. The summed E-state index contributed by atoms with van der Waals surface area (Å²) < 4.78 is 5.52. The Bertz CT molecular complexity index is 991. The van der Waals surface area contributed by atoms with Crippen LogP contribution in [0.15, 0.2) is 54.6 Å². The average Bonchev–Trinajstić information content (AvgIpc) is 3.22. The number of para-hydroxylation sites is 1. The lowest BCUT2D eigenvalue weighted by molar-refractivity contribution is 0.103. The first-order chi connectivity index (χ1) is 14.2. The molecule has 0 unspecified atom stereocenters. The van der Waals surface area contributed by atoms with Gasteiger partial charge in [-0.3, -0.25) is 4.79 Å². The van der Waals surface area contributed by atoms with Crippen LogP contribution in [0.1, 0.15) is 27.7 Å². The molecule has 1 aliphatic rings. The van der Waals surface area contributed by atoms with Gasteiger partial charge in [0.1, 0.15) is 0 Å². The van der Waals surface area contributed by atoms with E-state index in [0.29, 0.717) is 0 Å². The normalized spacial score (nSPS) is 14.1. The van der Waals surface area contributed by atoms with Gasteiger partial charge in [-0.1, -0.05) is 55.5 Å². The second kappa shape index (κ2) is 8.80. The number of carbonyl (C=O) groups excluding carboxylic acids is 1. The number of nitrogens with one attached hydrogen (secondary N) is 1. The van der Waals surface area contributed by atoms with Crippen molar-refractivity contribution in [2.75, 3.05) is 36.5 Å². The SMILES string of the molecule is CCc1cccc(C)c1NC(=O)c1cc(-c2ccccc2)c(N2CCOCC2)s1. The van der Waals surface area contributed by atoms with E-state index in [9.17, 15) is 4.79 Å². The summed E-state index contributed by atoms with van der Waals surface area (Å²) in [4.78, 5) is 16.2. The number of aryl methyl sites for hydroxylation is 2. The first-order valence-electron chi connectivity index (χ1n) is 10.1. The van der Waals surface area contributed by atoms with Gasteiger partial charge in [0.05, 0.1) is 23.1 Å². The second-order valence-electron chi connectivity index (χ2n) is 7.21. The maximum Gasteiger partial charge on any atom is 0.265 e. The predicted octanol–water partition coefficient (Wildman–Crippen LogP) is 5.37. The van der Waals surface area contributed by atoms with Gasteiger partial charge in [-0.2, -0.15) is 0 Å². The Labute approximate surface area is 176 Å². The Morgan fingerprint density at radius 1 is 1.10 bits per heavy atom. The lowest BCUT2D eigenvalue weighted by Crippen LogP contribution is -2.35. The molecule has 4 rings (SSSR count). The summed E-state index contributed by atoms with van der Waals surface area (Å²) in [6.45, 7) is 7.28. The van der Waals surface area contributed by atoms with Gasteiger partial charge < -0.3 is 15.0 Å². The summed E-state index contributed by atoms with van der Waals surface area (Å²) >= 11 is 1.57. The van der Waals surface area contributed by atoms with E-state index in [2.05, 4.69) is 35.3 Å². The molecule has 0 spiro atoms. The van der Waals surface area contributed by atoms with E-state index in [1.807, 2.05) is 43.3 Å². The summed E-state index contributed by atoms with van der Waals surface area (Å²) in [6, 6.07) is 18.5. The Balaban J connectivity index is 1.69. The zero-order valence-electron chi connectivity index (χ0n) is 16.9. The highest BCUT2D eigenvalue weighted by Gasteiger charge is 2.22. The summed E-state index contributed by atoms with van der Waals surface area (Å²) in [5, 5.41) is 4.31. The van der Waals surface area contributed by atoms with Gasteiger partial charge in [-0.05, 0) is 36.1 Å². The summed E-state index contributed by atoms with van der Waals surface area (Å²) in [5.74, 6) is -0.0457. The van der Waals surface area contributed by atoms with Crippen LogP contribution in [0.4, 0.5) is 10.7 Å². The van der Waals surface area contributed by atoms with Crippen molar-refractivity contribution in [3.8, 4) is 11.1 Å². The maximum atomic E-state index is 13.2. The summed E-state index contributed by atoms with van der Waals surface area (Å²) in [5.41, 5.74) is 5.43. The fourth-order valence-electron chi connectivity index (χ4n) is 3.70. The first-order valence-corrected chi connectivity index (χ1v) is 10.9. The van der Waals surface area contributed by atoms with Gasteiger partial charge in [0.15, 0.2) is 0 Å². The molecular formula is C24H26N2O2S. The van der Waals surface area contributed by atoms with Gasteiger partial charge in [-0.15, -0.1) is 11.3 Å². The van der Waals surface area contributed by atoms with Crippen LogP contribution >= 0.6 is 11.3 Å². The van der Waals surface area contributed by atoms with Crippen molar-refractivity contribution in [3.05, 3.63) is 70.6 Å². The number of anilines is 2. The van der Waals surface area contributed by atoms with Gasteiger partial charge in [-0.25, -0.2) is 0 Å². The number of benzene rings is 2. The summed E-state index contributed by atoms with van der Waals surface area (Å²) in [7, 11) is 0. The van der Waals surface area contributed by atoms with Crippen LogP contribution in [-0.4, -0.2) is 32.2 Å². The van der Waals surface area contributed by atoms with Crippen LogP contribution in [0.25, 0.3) is 11.1 Å². The third-order valence-corrected chi connectivity index (χ3v) is 6.49.